The van der Waals surface area contributed by atoms with E-state index < -0.39 is 27.9 Å². The average Bonchev–Trinajstić information content (AvgIpc) is 2.18. The smallest absolute Gasteiger partial charge is 0.175 e. The second kappa shape index (κ2) is 4.65. The number of benzene rings is 1. The summed E-state index contributed by atoms with van der Waals surface area (Å²) in [6.07, 6.45) is 0. The van der Waals surface area contributed by atoms with Gasteiger partial charge in [-0.3, -0.25) is 0 Å². The van der Waals surface area contributed by atoms with Gasteiger partial charge in [-0.15, -0.1) is 4.33 Å². The predicted molar refractivity (Wildman–Crippen MR) is 41.7 cm³/mol. The van der Waals surface area contributed by atoms with Crippen molar-refractivity contribution in [2.75, 3.05) is 0 Å². The summed E-state index contributed by atoms with van der Waals surface area (Å²) in [7, 11) is 0. The van der Waals surface area contributed by atoms with Crippen molar-refractivity contribution in [2.45, 2.75) is 11.8 Å². The molecule has 3 nitrogen and oxygen atoms in total. The SMILES string of the molecule is Cc1c(F)cc(SOOO)c(F)c1F. The summed E-state index contributed by atoms with van der Waals surface area (Å²) >= 11 is 0.157. The van der Waals surface area contributed by atoms with E-state index in [1.54, 1.807) is 0 Å². The minimum atomic E-state index is -1.30. The van der Waals surface area contributed by atoms with Gasteiger partial charge >= 0.3 is 0 Å². The molecule has 0 aliphatic heterocycles. The van der Waals surface area contributed by atoms with Gasteiger partial charge in [0.2, 0.25) is 0 Å². The van der Waals surface area contributed by atoms with E-state index >= 15 is 0 Å². The van der Waals surface area contributed by atoms with Gasteiger partial charge in [-0.05, 0) is 13.0 Å². The fraction of sp³-hybridized carbons (Fsp3) is 0.143. The maximum atomic E-state index is 13.0. The summed E-state index contributed by atoms with van der Waals surface area (Å²) in [6, 6.07) is 0.734. The van der Waals surface area contributed by atoms with E-state index in [1.165, 1.54) is 0 Å². The Hall–Kier alpha value is -0.760. The molecule has 14 heavy (non-hydrogen) atoms. The minimum absolute atomic E-state index is 0.157. The molecule has 1 N–H and O–H groups in total. The Morgan fingerprint density at radius 3 is 2.50 bits per heavy atom. The molecule has 1 aromatic carbocycles. The third-order valence-corrected chi connectivity index (χ3v) is 2.11. The Morgan fingerprint density at radius 2 is 1.93 bits per heavy atom. The molecule has 0 amide bonds. The van der Waals surface area contributed by atoms with Crippen LogP contribution < -0.4 is 0 Å². The van der Waals surface area contributed by atoms with Crippen LogP contribution in [-0.2, 0) is 9.37 Å². The van der Waals surface area contributed by atoms with Gasteiger partial charge in [0, 0.05) is 5.56 Å². The quantitative estimate of drug-likeness (QED) is 0.372. The molecule has 7 heteroatoms. The largest absolute Gasteiger partial charge is 0.220 e. The second-order valence-electron chi connectivity index (χ2n) is 2.34. The zero-order valence-electron chi connectivity index (χ0n) is 6.88. The van der Waals surface area contributed by atoms with Gasteiger partial charge in [0.15, 0.2) is 11.6 Å². The lowest BCUT2D eigenvalue weighted by Crippen LogP contribution is -1.96. The van der Waals surface area contributed by atoms with Crippen LogP contribution in [0.1, 0.15) is 5.56 Å². The molecule has 1 aromatic rings. The van der Waals surface area contributed by atoms with Crippen molar-refractivity contribution >= 4 is 12.0 Å². The van der Waals surface area contributed by atoms with Crippen LogP contribution in [0.15, 0.2) is 11.0 Å². The molecule has 0 aromatic heterocycles. The van der Waals surface area contributed by atoms with Gasteiger partial charge in [-0.1, -0.05) is 5.04 Å². The van der Waals surface area contributed by atoms with E-state index in [-0.39, 0.29) is 12.0 Å². The standard InChI is InChI=1S/C7H5F3O3S/c1-3-4(8)2-5(14-13-12-11)7(10)6(3)9/h2,11H,1H3. The zero-order chi connectivity index (χ0) is 10.7. The van der Waals surface area contributed by atoms with Crippen molar-refractivity contribution in [1.29, 1.82) is 0 Å². The number of hydrogen-bond donors (Lipinski definition) is 1. The summed E-state index contributed by atoms with van der Waals surface area (Å²) in [5, 5.41) is 10.9. The topological polar surface area (TPSA) is 38.7 Å². The van der Waals surface area contributed by atoms with Crippen LogP contribution in [0.25, 0.3) is 0 Å². The minimum Gasteiger partial charge on any atom is -0.220 e. The molecule has 0 radical (unpaired) electrons. The Labute approximate surface area is 81.5 Å². The molecule has 78 valence electrons. The van der Waals surface area contributed by atoms with Crippen molar-refractivity contribution < 1.29 is 27.8 Å². The number of hydrogen-bond acceptors (Lipinski definition) is 4. The van der Waals surface area contributed by atoms with Crippen LogP contribution in [0.3, 0.4) is 0 Å². The summed E-state index contributed by atoms with van der Waals surface area (Å²) in [4.78, 5) is -0.459. The molecule has 0 atom stereocenters. The molecular formula is C7H5F3O3S. The maximum absolute atomic E-state index is 13.0. The molecule has 0 aliphatic carbocycles. The van der Waals surface area contributed by atoms with Crippen LogP contribution in [-0.4, -0.2) is 5.26 Å². The third kappa shape index (κ3) is 2.18. The van der Waals surface area contributed by atoms with Gasteiger partial charge in [0.25, 0.3) is 0 Å². The van der Waals surface area contributed by atoms with Crippen molar-refractivity contribution in [1.82, 2.24) is 0 Å². The van der Waals surface area contributed by atoms with Gasteiger partial charge in [-0.25, -0.2) is 18.4 Å². The van der Waals surface area contributed by atoms with Crippen molar-refractivity contribution in [2.24, 2.45) is 0 Å². The van der Waals surface area contributed by atoms with E-state index in [4.69, 9.17) is 5.26 Å². The highest BCUT2D eigenvalue weighted by atomic mass is 32.2. The van der Waals surface area contributed by atoms with E-state index in [1.807, 2.05) is 0 Å². The molecule has 0 saturated heterocycles. The Kier molecular flexibility index (Phi) is 3.76. The van der Waals surface area contributed by atoms with Crippen LogP contribution in [0, 0.1) is 24.4 Å². The molecule has 0 spiro atoms. The molecule has 0 saturated carbocycles. The first kappa shape index (κ1) is 11.3. The first-order chi connectivity index (χ1) is 6.57. The van der Waals surface area contributed by atoms with Crippen LogP contribution in [0.5, 0.6) is 0 Å². The molecular weight excluding hydrogens is 221 g/mol. The Balaban J connectivity index is 3.06. The van der Waals surface area contributed by atoms with Crippen LogP contribution >= 0.6 is 12.0 Å². The maximum Gasteiger partial charge on any atom is 0.175 e. The lowest BCUT2D eigenvalue weighted by Gasteiger charge is -2.04. The molecule has 0 aliphatic rings. The summed E-state index contributed by atoms with van der Waals surface area (Å²) in [6.45, 7) is 1.10. The highest BCUT2D eigenvalue weighted by Gasteiger charge is 2.16. The zero-order valence-corrected chi connectivity index (χ0v) is 7.70. The molecule has 0 unspecified atom stereocenters. The lowest BCUT2D eigenvalue weighted by molar-refractivity contribution is -0.432. The number of halogens is 3. The van der Waals surface area contributed by atoms with Crippen molar-refractivity contribution in [3.05, 3.63) is 29.1 Å². The normalized spacial score (nSPS) is 10.6. The van der Waals surface area contributed by atoms with Gasteiger partial charge in [-0.2, -0.15) is 0 Å². The van der Waals surface area contributed by atoms with Crippen LogP contribution in [0.2, 0.25) is 0 Å². The highest BCUT2D eigenvalue weighted by molar-refractivity contribution is 7.94. The first-order valence-corrected chi connectivity index (χ1v) is 4.11. The Morgan fingerprint density at radius 1 is 1.29 bits per heavy atom. The fourth-order valence-electron chi connectivity index (χ4n) is 0.777. The van der Waals surface area contributed by atoms with Crippen molar-refractivity contribution in [3.63, 3.8) is 0 Å². The Bertz CT molecular complexity index is 345. The average molecular weight is 226 g/mol. The van der Waals surface area contributed by atoms with Crippen molar-refractivity contribution in [3.8, 4) is 0 Å². The van der Waals surface area contributed by atoms with E-state index in [0.717, 1.165) is 13.0 Å². The van der Waals surface area contributed by atoms with Gasteiger partial charge in [0.1, 0.15) is 5.82 Å². The summed E-state index contributed by atoms with van der Waals surface area (Å²) in [5.41, 5.74) is -0.420. The first-order valence-electron chi connectivity index (χ1n) is 3.36. The summed E-state index contributed by atoms with van der Waals surface area (Å²) < 4.78 is 42.6. The fourth-order valence-corrected chi connectivity index (χ4v) is 1.19. The highest BCUT2D eigenvalue weighted by Crippen LogP contribution is 2.27. The molecule has 0 fully saturated rings. The number of rotatable bonds is 3. The second-order valence-corrected chi connectivity index (χ2v) is 3.08. The molecule has 0 bridgehead atoms. The third-order valence-electron chi connectivity index (χ3n) is 1.51. The van der Waals surface area contributed by atoms with Crippen LogP contribution in [0.4, 0.5) is 13.2 Å². The van der Waals surface area contributed by atoms with E-state index in [2.05, 4.69) is 9.37 Å². The molecule has 1 rings (SSSR count). The van der Waals surface area contributed by atoms with E-state index in [0.29, 0.717) is 0 Å². The lowest BCUT2D eigenvalue weighted by atomic mass is 10.2. The molecule has 0 heterocycles. The monoisotopic (exact) mass is 226 g/mol. The summed E-state index contributed by atoms with van der Waals surface area (Å²) in [5.74, 6) is -3.46. The van der Waals surface area contributed by atoms with Gasteiger partial charge < -0.3 is 0 Å². The predicted octanol–water partition coefficient (Wildman–Crippen LogP) is 2.84. The van der Waals surface area contributed by atoms with Gasteiger partial charge in [0.05, 0.1) is 16.9 Å². The van der Waals surface area contributed by atoms with E-state index in [9.17, 15) is 13.2 Å².